The molecule has 4 rings (SSSR count). The number of carbonyl (C=O) groups is 1. The maximum Gasteiger partial charge on any atom is 0.237 e. The van der Waals surface area contributed by atoms with Crippen LogP contribution in [0.3, 0.4) is 0 Å². The SMILES string of the molecule is CN(CC(=O)N1CCc2oc(CCc3ccccc3)nc2C1)C1CCCC1. The molecule has 0 N–H and O–H groups in total. The number of benzene rings is 1. The lowest BCUT2D eigenvalue weighted by molar-refractivity contribution is -0.133. The van der Waals surface area contributed by atoms with Gasteiger partial charge in [-0.15, -0.1) is 0 Å². The number of carbonyl (C=O) groups excluding carboxylic acids is 1. The second kappa shape index (κ2) is 8.26. The van der Waals surface area contributed by atoms with E-state index in [0.717, 1.165) is 43.2 Å². The van der Waals surface area contributed by atoms with E-state index in [1.807, 2.05) is 11.0 Å². The van der Waals surface area contributed by atoms with Crippen LogP contribution in [0.15, 0.2) is 34.7 Å². The minimum atomic E-state index is 0.212. The second-order valence-electron chi connectivity index (χ2n) is 7.88. The van der Waals surface area contributed by atoms with Gasteiger partial charge in [0.05, 0.1) is 13.1 Å². The molecule has 0 radical (unpaired) electrons. The first-order chi connectivity index (χ1) is 13.2. The average molecular weight is 367 g/mol. The van der Waals surface area contributed by atoms with Crippen LogP contribution in [0.2, 0.25) is 0 Å². The maximum atomic E-state index is 12.7. The Hall–Kier alpha value is -2.14. The van der Waals surface area contributed by atoms with E-state index >= 15 is 0 Å². The summed E-state index contributed by atoms with van der Waals surface area (Å²) in [4.78, 5) is 21.6. The molecule has 5 nitrogen and oxygen atoms in total. The van der Waals surface area contributed by atoms with Gasteiger partial charge in [-0.3, -0.25) is 9.69 Å². The molecule has 1 fully saturated rings. The molecular formula is C22H29N3O2. The van der Waals surface area contributed by atoms with Gasteiger partial charge < -0.3 is 9.32 Å². The molecule has 0 bridgehead atoms. The van der Waals surface area contributed by atoms with E-state index in [1.165, 1.54) is 31.2 Å². The lowest BCUT2D eigenvalue weighted by atomic mass is 10.1. The van der Waals surface area contributed by atoms with Crippen LogP contribution in [0.5, 0.6) is 0 Å². The van der Waals surface area contributed by atoms with Gasteiger partial charge in [0, 0.05) is 25.4 Å². The van der Waals surface area contributed by atoms with Gasteiger partial charge in [0.15, 0.2) is 5.89 Å². The molecule has 5 heteroatoms. The van der Waals surface area contributed by atoms with Crippen LogP contribution in [0.25, 0.3) is 0 Å². The van der Waals surface area contributed by atoms with Crippen LogP contribution in [0.1, 0.15) is 48.6 Å². The zero-order valence-electron chi connectivity index (χ0n) is 16.2. The van der Waals surface area contributed by atoms with Crippen molar-refractivity contribution in [2.45, 2.75) is 57.5 Å². The Morgan fingerprint density at radius 1 is 1.22 bits per heavy atom. The molecule has 1 saturated carbocycles. The molecule has 1 aliphatic carbocycles. The quantitative estimate of drug-likeness (QED) is 0.787. The van der Waals surface area contributed by atoms with Crippen molar-refractivity contribution in [1.29, 1.82) is 0 Å². The number of oxazole rings is 1. The highest BCUT2D eigenvalue weighted by atomic mass is 16.4. The molecule has 0 unspecified atom stereocenters. The summed E-state index contributed by atoms with van der Waals surface area (Å²) in [5, 5.41) is 0. The third kappa shape index (κ3) is 4.41. The van der Waals surface area contributed by atoms with Gasteiger partial charge in [-0.05, 0) is 31.9 Å². The van der Waals surface area contributed by atoms with Crippen LogP contribution in [0, 0.1) is 0 Å². The van der Waals surface area contributed by atoms with Crippen molar-refractivity contribution >= 4 is 5.91 Å². The molecule has 2 aliphatic rings. The van der Waals surface area contributed by atoms with E-state index in [2.05, 4.69) is 41.2 Å². The second-order valence-corrected chi connectivity index (χ2v) is 7.88. The van der Waals surface area contributed by atoms with Crippen molar-refractivity contribution in [3.63, 3.8) is 0 Å². The first-order valence-corrected chi connectivity index (χ1v) is 10.2. The third-order valence-electron chi connectivity index (χ3n) is 5.93. The predicted octanol–water partition coefficient (Wildman–Crippen LogP) is 3.22. The molecule has 1 aromatic heterocycles. The summed E-state index contributed by atoms with van der Waals surface area (Å²) in [6.07, 6.45) is 7.53. The Morgan fingerprint density at radius 3 is 2.78 bits per heavy atom. The van der Waals surface area contributed by atoms with Crippen LogP contribution in [-0.2, 0) is 30.6 Å². The summed E-state index contributed by atoms with van der Waals surface area (Å²) in [5.41, 5.74) is 2.24. The fraction of sp³-hybridized carbons (Fsp3) is 0.545. The number of fused-ring (bicyclic) bond motifs is 1. The predicted molar refractivity (Wildman–Crippen MR) is 104 cm³/mol. The van der Waals surface area contributed by atoms with Gasteiger partial charge in [-0.25, -0.2) is 4.98 Å². The van der Waals surface area contributed by atoms with E-state index in [0.29, 0.717) is 19.1 Å². The van der Waals surface area contributed by atoms with E-state index < -0.39 is 0 Å². The number of nitrogens with zero attached hydrogens (tertiary/aromatic N) is 3. The molecule has 27 heavy (non-hydrogen) atoms. The lowest BCUT2D eigenvalue weighted by Gasteiger charge is -2.29. The van der Waals surface area contributed by atoms with Gasteiger partial charge >= 0.3 is 0 Å². The Kier molecular flexibility index (Phi) is 5.58. The highest BCUT2D eigenvalue weighted by molar-refractivity contribution is 5.78. The number of aryl methyl sites for hydroxylation is 2. The monoisotopic (exact) mass is 367 g/mol. The number of rotatable bonds is 6. The number of likely N-dealkylation sites (N-methyl/N-ethyl adjacent to an activating group) is 1. The highest BCUT2D eigenvalue weighted by Crippen LogP contribution is 2.24. The number of hydrogen-bond donors (Lipinski definition) is 0. The van der Waals surface area contributed by atoms with E-state index in [-0.39, 0.29) is 5.91 Å². The van der Waals surface area contributed by atoms with E-state index in [9.17, 15) is 4.79 Å². The minimum absolute atomic E-state index is 0.212. The van der Waals surface area contributed by atoms with Crippen molar-refractivity contribution in [2.75, 3.05) is 20.1 Å². The average Bonchev–Trinajstić information content (AvgIpc) is 3.36. The first-order valence-electron chi connectivity index (χ1n) is 10.2. The molecule has 1 amide bonds. The molecule has 1 aliphatic heterocycles. The molecular weight excluding hydrogens is 338 g/mol. The Bertz CT molecular complexity index is 765. The molecule has 0 atom stereocenters. The fourth-order valence-electron chi connectivity index (χ4n) is 4.26. The smallest absolute Gasteiger partial charge is 0.237 e. The maximum absolute atomic E-state index is 12.7. The summed E-state index contributed by atoms with van der Waals surface area (Å²) in [6.45, 7) is 1.83. The molecule has 0 saturated heterocycles. The van der Waals surface area contributed by atoms with Crippen molar-refractivity contribution in [3.05, 3.63) is 53.2 Å². The standard InChI is InChI=1S/C22H29N3O2/c1-24(18-9-5-6-10-18)16-22(26)25-14-13-20-19(15-25)23-21(27-20)12-11-17-7-3-2-4-8-17/h2-4,7-8,18H,5-6,9-16H2,1H3. The molecule has 0 spiro atoms. The van der Waals surface area contributed by atoms with Crippen LogP contribution in [0.4, 0.5) is 0 Å². The highest BCUT2D eigenvalue weighted by Gasteiger charge is 2.28. The molecule has 144 valence electrons. The number of hydrogen-bond acceptors (Lipinski definition) is 4. The first kappa shape index (κ1) is 18.2. The fourth-order valence-corrected chi connectivity index (χ4v) is 4.26. The van der Waals surface area contributed by atoms with Crippen LogP contribution in [-0.4, -0.2) is 46.9 Å². The summed E-state index contributed by atoms with van der Waals surface area (Å²) < 4.78 is 5.96. The lowest BCUT2D eigenvalue weighted by Crippen LogP contribution is -2.43. The zero-order valence-corrected chi connectivity index (χ0v) is 16.2. The van der Waals surface area contributed by atoms with Crippen LogP contribution < -0.4 is 0 Å². The van der Waals surface area contributed by atoms with Crippen molar-refractivity contribution in [2.24, 2.45) is 0 Å². The molecule has 2 heterocycles. The molecule has 1 aromatic carbocycles. The van der Waals surface area contributed by atoms with Gasteiger partial charge in [-0.2, -0.15) is 0 Å². The van der Waals surface area contributed by atoms with Gasteiger partial charge in [0.2, 0.25) is 5.91 Å². The largest absolute Gasteiger partial charge is 0.445 e. The van der Waals surface area contributed by atoms with Gasteiger partial charge in [0.1, 0.15) is 11.5 Å². The van der Waals surface area contributed by atoms with Gasteiger partial charge in [-0.1, -0.05) is 43.2 Å². The summed E-state index contributed by atoms with van der Waals surface area (Å²) in [6, 6.07) is 11.0. The zero-order chi connectivity index (χ0) is 18.6. The number of amides is 1. The Morgan fingerprint density at radius 2 is 2.00 bits per heavy atom. The topological polar surface area (TPSA) is 49.6 Å². The summed E-state index contributed by atoms with van der Waals surface area (Å²) in [5.74, 6) is 1.97. The van der Waals surface area contributed by atoms with E-state index in [4.69, 9.17) is 4.42 Å². The van der Waals surface area contributed by atoms with Crippen LogP contribution >= 0.6 is 0 Å². The summed E-state index contributed by atoms with van der Waals surface area (Å²) >= 11 is 0. The molecule has 2 aromatic rings. The summed E-state index contributed by atoms with van der Waals surface area (Å²) in [7, 11) is 2.08. The van der Waals surface area contributed by atoms with E-state index in [1.54, 1.807) is 0 Å². The third-order valence-corrected chi connectivity index (χ3v) is 5.93. The van der Waals surface area contributed by atoms with Crippen molar-refractivity contribution in [3.8, 4) is 0 Å². The Balaban J connectivity index is 1.32. The van der Waals surface area contributed by atoms with Crippen molar-refractivity contribution in [1.82, 2.24) is 14.8 Å². The minimum Gasteiger partial charge on any atom is -0.445 e. The Labute approximate surface area is 161 Å². The normalized spacial score (nSPS) is 17.5. The van der Waals surface area contributed by atoms with Gasteiger partial charge in [0.25, 0.3) is 0 Å². The van der Waals surface area contributed by atoms with Crippen molar-refractivity contribution < 1.29 is 9.21 Å². The number of aromatic nitrogens is 1.